The first-order valence-electron chi connectivity index (χ1n) is 11.0. The third-order valence-corrected chi connectivity index (χ3v) is 7.42. The second-order valence-electron chi connectivity index (χ2n) is 9.48. The zero-order valence-electron chi connectivity index (χ0n) is 18.1. The summed E-state index contributed by atoms with van der Waals surface area (Å²) in [5.41, 5.74) is 0.190. The molecule has 5 nitrogen and oxygen atoms in total. The highest BCUT2D eigenvalue weighted by Crippen LogP contribution is 2.51. The molecule has 0 aromatic heterocycles. The van der Waals surface area contributed by atoms with Gasteiger partial charge in [0.15, 0.2) is 0 Å². The minimum atomic E-state index is -0.851. The molecule has 1 unspecified atom stereocenters. The van der Waals surface area contributed by atoms with Gasteiger partial charge in [-0.05, 0) is 55.9 Å². The van der Waals surface area contributed by atoms with Crippen molar-refractivity contribution in [1.82, 2.24) is 4.90 Å². The highest BCUT2D eigenvalue weighted by Gasteiger charge is 2.53. The second kappa shape index (κ2) is 8.17. The molecule has 0 aromatic rings. The van der Waals surface area contributed by atoms with Gasteiger partial charge < -0.3 is 14.7 Å². The highest BCUT2D eigenvalue weighted by atomic mass is 16.5. The second-order valence-corrected chi connectivity index (χ2v) is 9.48. The Morgan fingerprint density at radius 3 is 2.57 bits per heavy atom. The number of rotatable bonds is 6. The summed E-state index contributed by atoms with van der Waals surface area (Å²) >= 11 is 0. The van der Waals surface area contributed by atoms with Crippen LogP contribution in [0.2, 0.25) is 0 Å². The summed E-state index contributed by atoms with van der Waals surface area (Å²) in [6.45, 7) is 10.5. The van der Waals surface area contributed by atoms with Crippen molar-refractivity contribution in [2.24, 2.45) is 23.7 Å². The topological polar surface area (TPSA) is 66.8 Å². The van der Waals surface area contributed by atoms with Gasteiger partial charge in [0.2, 0.25) is 5.91 Å². The maximum atomic E-state index is 12.4. The third kappa shape index (κ3) is 4.14. The van der Waals surface area contributed by atoms with Gasteiger partial charge in [0, 0.05) is 38.3 Å². The van der Waals surface area contributed by atoms with Crippen molar-refractivity contribution in [1.29, 1.82) is 0 Å². The number of aliphatic hydroxyl groups is 1. The van der Waals surface area contributed by atoms with E-state index < -0.39 is 5.60 Å². The Labute approximate surface area is 169 Å². The zero-order chi connectivity index (χ0) is 20.6. The van der Waals surface area contributed by atoms with Crippen molar-refractivity contribution >= 4 is 11.9 Å². The van der Waals surface area contributed by atoms with Crippen LogP contribution in [0.15, 0.2) is 11.6 Å². The number of esters is 1. The Hall–Kier alpha value is -1.36. The Bertz CT molecular complexity index is 641. The van der Waals surface area contributed by atoms with E-state index in [2.05, 4.69) is 24.8 Å². The van der Waals surface area contributed by atoms with Crippen LogP contribution in [0, 0.1) is 23.7 Å². The summed E-state index contributed by atoms with van der Waals surface area (Å²) < 4.78 is 5.49. The fraction of sp³-hybridized carbons (Fsp3) is 0.826. The number of fused-ring (bicyclic) bond motifs is 1. The molecular weight excluding hydrogens is 354 g/mol. The summed E-state index contributed by atoms with van der Waals surface area (Å²) in [6.07, 6.45) is 7.14. The molecule has 0 aromatic carbocycles. The maximum Gasteiger partial charge on any atom is 0.303 e. The van der Waals surface area contributed by atoms with E-state index in [0.717, 1.165) is 37.8 Å². The predicted octanol–water partition coefficient (Wildman–Crippen LogP) is 3.70. The number of carbonyl (C=O) groups is 2. The zero-order valence-corrected chi connectivity index (χ0v) is 18.1. The van der Waals surface area contributed by atoms with Crippen LogP contribution in [-0.4, -0.2) is 46.2 Å². The summed E-state index contributed by atoms with van der Waals surface area (Å²) in [4.78, 5) is 26.0. The van der Waals surface area contributed by atoms with Crippen molar-refractivity contribution in [3.63, 3.8) is 0 Å². The lowest BCUT2D eigenvalue weighted by Crippen LogP contribution is -2.56. The van der Waals surface area contributed by atoms with E-state index in [-0.39, 0.29) is 29.8 Å². The first-order valence-corrected chi connectivity index (χ1v) is 11.0. The molecule has 0 heterocycles. The van der Waals surface area contributed by atoms with E-state index in [4.69, 9.17) is 4.74 Å². The molecule has 0 saturated heterocycles. The van der Waals surface area contributed by atoms with Crippen molar-refractivity contribution < 1.29 is 19.4 Å². The number of hydrogen-bond donors (Lipinski definition) is 1. The summed E-state index contributed by atoms with van der Waals surface area (Å²) in [7, 11) is 0. The maximum absolute atomic E-state index is 12.4. The monoisotopic (exact) mass is 391 g/mol. The summed E-state index contributed by atoms with van der Waals surface area (Å²) in [5, 5.41) is 11.7. The number of hydrogen-bond acceptors (Lipinski definition) is 4. The summed E-state index contributed by atoms with van der Waals surface area (Å²) in [5.74, 6) is 0.830. The van der Waals surface area contributed by atoms with E-state index in [9.17, 15) is 14.7 Å². The van der Waals surface area contributed by atoms with Gasteiger partial charge in [0.05, 0.1) is 5.60 Å². The molecule has 3 aliphatic rings. The van der Waals surface area contributed by atoms with Crippen LogP contribution in [-0.2, 0) is 14.3 Å². The molecule has 28 heavy (non-hydrogen) atoms. The van der Waals surface area contributed by atoms with Gasteiger partial charge in [-0.2, -0.15) is 0 Å². The fourth-order valence-corrected chi connectivity index (χ4v) is 5.49. The van der Waals surface area contributed by atoms with Gasteiger partial charge in [-0.1, -0.05) is 26.8 Å². The van der Waals surface area contributed by atoms with Gasteiger partial charge >= 0.3 is 5.97 Å². The van der Waals surface area contributed by atoms with E-state index >= 15 is 0 Å². The normalized spacial score (nSPS) is 36.1. The summed E-state index contributed by atoms with van der Waals surface area (Å²) in [6, 6.07) is 0.424. The molecule has 0 spiro atoms. The lowest BCUT2D eigenvalue weighted by atomic mass is 9.57. The Kier molecular flexibility index (Phi) is 6.23. The molecular formula is C23H37NO4. The number of amides is 1. The molecule has 0 radical (unpaired) electrons. The fourth-order valence-electron chi connectivity index (χ4n) is 5.49. The largest absolute Gasteiger partial charge is 0.458 e. The lowest BCUT2D eigenvalue weighted by Gasteiger charge is -2.53. The van der Waals surface area contributed by atoms with Crippen molar-refractivity contribution in [3.8, 4) is 0 Å². The van der Waals surface area contributed by atoms with Crippen LogP contribution in [0.25, 0.3) is 0 Å². The Morgan fingerprint density at radius 2 is 2.00 bits per heavy atom. The Balaban J connectivity index is 1.81. The molecule has 3 rings (SSSR count). The standard InChI is InChI=1S/C23H37NO4/c1-6-22(26)24(18-8-9-18)13-15(3)19-10-7-16(4)23(27)12-21(28-17(5)25)14(2)11-20(19)23/h11,15-16,18-21,27H,6-10,12-13H2,1-5H3/t15?,16-,19+,20-,21-,23-/m1/s1. The van der Waals surface area contributed by atoms with Crippen molar-refractivity contribution in [2.45, 2.75) is 90.9 Å². The van der Waals surface area contributed by atoms with Crippen LogP contribution >= 0.6 is 0 Å². The SMILES string of the molecule is CCC(=O)N(CC(C)[C@@H]1CC[C@@H](C)[C@]2(O)C[C@@H](OC(C)=O)C(C)=C[C@H]12)C1CC1. The van der Waals surface area contributed by atoms with Gasteiger partial charge in [-0.3, -0.25) is 9.59 Å². The van der Waals surface area contributed by atoms with Gasteiger partial charge in [-0.15, -0.1) is 0 Å². The van der Waals surface area contributed by atoms with Crippen molar-refractivity contribution in [3.05, 3.63) is 11.6 Å². The van der Waals surface area contributed by atoms with E-state index in [1.54, 1.807) is 0 Å². The predicted molar refractivity (Wildman–Crippen MR) is 108 cm³/mol. The minimum absolute atomic E-state index is 0.0517. The molecule has 3 aliphatic carbocycles. The molecule has 0 bridgehead atoms. The molecule has 1 amide bonds. The first kappa shape index (κ1) is 21.4. The van der Waals surface area contributed by atoms with Crippen LogP contribution < -0.4 is 0 Å². The van der Waals surface area contributed by atoms with Gasteiger partial charge in [0.25, 0.3) is 0 Å². The van der Waals surface area contributed by atoms with Crippen LogP contribution in [0.4, 0.5) is 0 Å². The smallest absolute Gasteiger partial charge is 0.303 e. The van der Waals surface area contributed by atoms with Crippen LogP contribution in [0.3, 0.4) is 0 Å². The third-order valence-electron chi connectivity index (χ3n) is 7.42. The highest BCUT2D eigenvalue weighted by molar-refractivity contribution is 5.76. The molecule has 158 valence electrons. The molecule has 2 saturated carbocycles. The van der Waals surface area contributed by atoms with E-state index in [1.165, 1.54) is 6.92 Å². The molecule has 6 atom stereocenters. The average Bonchev–Trinajstić information content (AvgIpc) is 3.46. The van der Waals surface area contributed by atoms with Crippen molar-refractivity contribution in [2.75, 3.05) is 6.54 Å². The van der Waals surface area contributed by atoms with Crippen LogP contribution in [0.5, 0.6) is 0 Å². The van der Waals surface area contributed by atoms with Gasteiger partial charge in [0.1, 0.15) is 6.10 Å². The minimum Gasteiger partial charge on any atom is -0.458 e. The quantitative estimate of drug-likeness (QED) is 0.554. The molecule has 2 fully saturated rings. The molecule has 5 heteroatoms. The number of carbonyl (C=O) groups excluding carboxylic acids is 2. The van der Waals surface area contributed by atoms with E-state index in [0.29, 0.717) is 30.7 Å². The number of nitrogens with zero attached hydrogens (tertiary/aromatic N) is 1. The lowest BCUT2D eigenvalue weighted by molar-refractivity contribution is -0.159. The first-order chi connectivity index (χ1) is 13.2. The van der Waals surface area contributed by atoms with E-state index in [1.807, 2.05) is 13.8 Å². The Morgan fingerprint density at radius 1 is 1.32 bits per heavy atom. The molecule has 0 aliphatic heterocycles. The number of ether oxygens (including phenoxy) is 1. The van der Waals surface area contributed by atoms with Gasteiger partial charge in [-0.25, -0.2) is 0 Å². The van der Waals surface area contributed by atoms with Crippen LogP contribution in [0.1, 0.15) is 73.1 Å². The average molecular weight is 392 g/mol. The molecule has 1 N–H and O–H groups in total.